The van der Waals surface area contributed by atoms with E-state index < -0.39 is 5.54 Å². The van der Waals surface area contributed by atoms with E-state index in [2.05, 4.69) is 0 Å². The Labute approximate surface area is 83.6 Å². The predicted molar refractivity (Wildman–Crippen MR) is 54.5 cm³/mol. The van der Waals surface area contributed by atoms with Crippen molar-refractivity contribution in [3.63, 3.8) is 0 Å². The molecule has 1 rings (SSSR count). The molecule has 78 valence electrons. The summed E-state index contributed by atoms with van der Waals surface area (Å²) in [5.41, 5.74) is 6.42. The molecule has 0 spiro atoms. The molecule has 0 amide bonds. The summed E-state index contributed by atoms with van der Waals surface area (Å²) < 4.78 is 13.4. The van der Waals surface area contributed by atoms with Gasteiger partial charge in [0.25, 0.3) is 0 Å². The Kier molecular flexibility index (Phi) is 3.24. The largest absolute Gasteiger partial charge is 0.394 e. The molecule has 0 fully saturated rings. The van der Waals surface area contributed by atoms with Crippen molar-refractivity contribution < 1.29 is 9.50 Å². The summed E-state index contributed by atoms with van der Waals surface area (Å²) in [5, 5.41) is 8.95. The van der Waals surface area contributed by atoms with Gasteiger partial charge in [0.1, 0.15) is 5.82 Å². The third-order valence-corrected chi connectivity index (χ3v) is 2.16. The zero-order chi connectivity index (χ0) is 10.8. The van der Waals surface area contributed by atoms with Gasteiger partial charge in [0.15, 0.2) is 0 Å². The predicted octanol–water partition coefficient (Wildman–Crippen LogP) is 1.39. The Morgan fingerprint density at radius 3 is 2.64 bits per heavy atom. The van der Waals surface area contributed by atoms with E-state index in [1.807, 2.05) is 13.0 Å². The van der Waals surface area contributed by atoms with Crippen LogP contribution in [0.2, 0.25) is 0 Å². The van der Waals surface area contributed by atoms with Crippen molar-refractivity contribution >= 4 is 0 Å². The van der Waals surface area contributed by atoms with Gasteiger partial charge >= 0.3 is 0 Å². The normalized spacial score (nSPS) is 15.2. The minimum absolute atomic E-state index is 0.152. The van der Waals surface area contributed by atoms with Gasteiger partial charge in [-0.1, -0.05) is 12.1 Å². The standard InChI is InChI=1S/C11H16FNO/c1-8-3-4-9(10(12)5-8)6-11(2,13)7-14/h3-5,14H,6-7,13H2,1-2H3. The number of aryl methyl sites for hydroxylation is 1. The molecule has 0 radical (unpaired) electrons. The quantitative estimate of drug-likeness (QED) is 0.769. The first kappa shape index (κ1) is 11.1. The summed E-state index contributed by atoms with van der Waals surface area (Å²) in [6, 6.07) is 5.03. The summed E-state index contributed by atoms with van der Waals surface area (Å²) >= 11 is 0. The number of hydrogen-bond donors (Lipinski definition) is 2. The smallest absolute Gasteiger partial charge is 0.126 e. The summed E-state index contributed by atoms with van der Waals surface area (Å²) in [7, 11) is 0. The molecule has 0 aliphatic rings. The third kappa shape index (κ3) is 2.79. The van der Waals surface area contributed by atoms with Gasteiger partial charge in [0, 0.05) is 5.54 Å². The second-order valence-corrected chi connectivity index (χ2v) is 4.08. The van der Waals surface area contributed by atoms with E-state index in [-0.39, 0.29) is 12.4 Å². The maximum absolute atomic E-state index is 13.4. The van der Waals surface area contributed by atoms with Crippen LogP contribution in [0.1, 0.15) is 18.1 Å². The molecule has 0 heterocycles. The first-order valence-corrected chi connectivity index (χ1v) is 4.59. The Bertz CT molecular complexity index is 323. The van der Waals surface area contributed by atoms with Crippen molar-refractivity contribution in [3.8, 4) is 0 Å². The fourth-order valence-electron chi connectivity index (χ4n) is 1.29. The lowest BCUT2D eigenvalue weighted by Gasteiger charge is -2.21. The molecule has 14 heavy (non-hydrogen) atoms. The van der Waals surface area contributed by atoms with Crippen LogP contribution in [0.15, 0.2) is 18.2 Å². The van der Waals surface area contributed by atoms with Crippen LogP contribution >= 0.6 is 0 Å². The minimum atomic E-state index is -0.754. The molecule has 3 N–H and O–H groups in total. The number of rotatable bonds is 3. The number of nitrogens with two attached hydrogens (primary N) is 1. The van der Waals surface area contributed by atoms with E-state index in [1.165, 1.54) is 6.07 Å². The van der Waals surface area contributed by atoms with Crippen molar-refractivity contribution in [1.29, 1.82) is 0 Å². The van der Waals surface area contributed by atoms with Gasteiger partial charge in [-0.2, -0.15) is 0 Å². The topological polar surface area (TPSA) is 46.2 Å². The van der Waals surface area contributed by atoms with E-state index in [4.69, 9.17) is 10.8 Å². The molecule has 0 saturated heterocycles. The lowest BCUT2D eigenvalue weighted by Crippen LogP contribution is -2.42. The third-order valence-electron chi connectivity index (χ3n) is 2.16. The molecule has 0 aromatic heterocycles. The monoisotopic (exact) mass is 197 g/mol. The molecule has 0 aliphatic heterocycles. The molecular weight excluding hydrogens is 181 g/mol. The summed E-state index contributed by atoms with van der Waals surface area (Å²) in [6.45, 7) is 3.38. The fourth-order valence-corrected chi connectivity index (χ4v) is 1.29. The molecule has 1 aromatic carbocycles. The average molecular weight is 197 g/mol. The van der Waals surface area contributed by atoms with Crippen molar-refractivity contribution in [2.24, 2.45) is 5.73 Å². The second-order valence-electron chi connectivity index (χ2n) is 4.08. The molecule has 2 nitrogen and oxygen atoms in total. The molecule has 0 bridgehead atoms. The van der Waals surface area contributed by atoms with Crippen LogP contribution in [0, 0.1) is 12.7 Å². The van der Waals surface area contributed by atoms with Gasteiger partial charge in [-0.3, -0.25) is 0 Å². The number of aliphatic hydroxyl groups excluding tert-OH is 1. The first-order chi connectivity index (χ1) is 6.44. The fraction of sp³-hybridized carbons (Fsp3) is 0.455. The number of benzene rings is 1. The molecule has 0 aliphatic carbocycles. The Morgan fingerprint density at radius 1 is 1.50 bits per heavy atom. The van der Waals surface area contributed by atoms with E-state index in [0.29, 0.717) is 12.0 Å². The molecule has 0 saturated carbocycles. The summed E-state index contributed by atoms with van der Waals surface area (Å²) in [5.74, 6) is -0.255. The zero-order valence-corrected chi connectivity index (χ0v) is 8.55. The van der Waals surface area contributed by atoms with Crippen LogP contribution < -0.4 is 5.73 Å². The Hall–Kier alpha value is -0.930. The lowest BCUT2D eigenvalue weighted by molar-refractivity contribution is 0.207. The van der Waals surface area contributed by atoms with Crippen molar-refractivity contribution in [2.75, 3.05) is 6.61 Å². The van der Waals surface area contributed by atoms with Gasteiger partial charge in [-0.05, 0) is 37.5 Å². The van der Waals surface area contributed by atoms with Crippen LogP contribution in [0.3, 0.4) is 0 Å². The van der Waals surface area contributed by atoms with E-state index in [1.54, 1.807) is 13.0 Å². The zero-order valence-electron chi connectivity index (χ0n) is 8.55. The second kappa shape index (κ2) is 4.07. The lowest BCUT2D eigenvalue weighted by atomic mass is 9.94. The highest BCUT2D eigenvalue weighted by molar-refractivity contribution is 5.24. The van der Waals surface area contributed by atoms with Gasteiger partial charge in [-0.15, -0.1) is 0 Å². The number of hydrogen-bond acceptors (Lipinski definition) is 2. The molecular formula is C11H16FNO. The van der Waals surface area contributed by atoms with Crippen molar-refractivity contribution in [1.82, 2.24) is 0 Å². The van der Waals surface area contributed by atoms with Crippen LogP contribution in [0.5, 0.6) is 0 Å². The first-order valence-electron chi connectivity index (χ1n) is 4.59. The van der Waals surface area contributed by atoms with Crippen LogP contribution in [-0.4, -0.2) is 17.3 Å². The van der Waals surface area contributed by atoms with E-state index >= 15 is 0 Å². The Balaban J connectivity index is 2.87. The van der Waals surface area contributed by atoms with E-state index in [0.717, 1.165) is 5.56 Å². The van der Waals surface area contributed by atoms with Gasteiger partial charge in [0.2, 0.25) is 0 Å². The maximum atomic E-state index is 13.4. The molecule has 1 unspecified atom stereocenters. The molecule has 3 heteroatoms. The van der Waals surface area contributed by atoms with Crippen LogP contribution in [-0.2, 0) is 6.42 Å². The van der Waals surface area contributed by atoms with Gasteiger partial charge < -0.3 is 10.8 Å². The SMILES string of the molecule is Cc1ccc(CC(C)(N)CO)c(F)c1. The highest BCUT2D eigenvalue weighted by atomic mass is 19.1. The van der Waals surface area contributed by atoms with Crippen molar-refractivity contribution in [2.45, 2.75) is 25.8 Å². The highest BCUT2D eigenvalue weighted by Crippen LogP contribution is 2.15. The van der Waals surface area contributed by atoms with Gasteiger partial charge in [0.05, 0.1) is 6.61 Å². The van der Waals surface area contributed by atoms with E-state index in [9.17, 15) is 4.39 Å². The summed E-state index contributed by atoms with van der Waals surface area (Å²) in [6.07, 6.45) is 0.343. The van der Waals surface area contributed by atoms with Gasteiger partial charge in [-0.25, -0.2) is 4.39 Å². The average Bonchev–Trinajstić information content (AvgIpc) is 2.10. The minimum Gasteiger partial charge on any atom is -0.394 e. The molecule has 1 atom stereocenters. The summed E-state index contributed by atoms with van der Waals surface area (Å²) in [4.78, 5) is 0. The maximum Gasteiger partial charge on any atom is 0.126 e. The Morgan fingerprint density at radius 2 is 2.14 bits per heavy atom. The van der Waals surface area contributed by atoms with Crippen molar-refractivity contribution in [3.05, 3.63) is 35.1 Å². The van der Waals surface area contributed by atoms with Crippen LogP contribution in [0.4, 0.5) is 4.39 Å². The van der Waals surface area contributed by atoms with Crippen LogP contribution in [0.25, 0.3) is 0 Å². The number of halogens is 1. The number of aliphatic hydroxyl groups is 1. The highest BCUT2D eigenvalue weighted by Gasteiger charge is 2.19. The molecule has 1 aromatic rings.